The molecule has 3 nitrogen and oxygen atoms in total. The molecule has 1 aromatic heterocycles. The highest BCUT2D eigenvalue weighted by Gasteiger charge is 2.19. The number of nitrogens with one attached hydrogen (secondary N) is 1. The van der Waals surface area contributed by atoms with Gasteiger partial charge in [-0.1, -0.05) is 31.2 Å². The monoisotopic (exact) mass is 283 g/mol. The Labute approximate surface area is 127 Å². The molecule has 2 aromatic rings. The molecule has 2 heterocycles. The number of hydrogen-bond acceptors (Lipinski definition) is 3. The molecule has 0 amide bonds. The van der Waals surface area contributed by atoms with Crippen LogP contribution in [0.15, 0.2) is 36.5 Å². The van der Waals surface area contributed by atoms with Crippen LogP contribution in [0.4, 0.5) is 0 Å². The van der Waals surface area contributed by atoms with Crippen molar-refractivity contribution >= 4 is 10.9 Å². The number of fused-ring (bicyclic) bond motifs is 1. The van der Waals surface area contributed by atoms with Crippen molar-refractivity contribution in [3.63, 3.8) is 0 Å². The average Bonchev–Trinajstić information content (AvgIpc) is 2.54. The van der Waals surface area contributed by atoms with Crippen LogP contribution in [0.1, 0.15) is 31.7 Å². The maximum Gasteiger partial charge on any atom is 0.0746 e. The summed E-state index contributed by atoms with van der Waals surface area (Å²) in [7, 11) is 0. The van der Waals surface area contributed by atoms with E-state index in [0.29, 0.717) is 6.04 Å². The fourth-order valence-electron chi connectivity index (χ4n) is 3.25. The SMILES string of the molecule is CCCNC1CCCN(Cc2cccc3cccnc23)C1. The van der Waals surface area contributed by atoms with Gasteiger partial charge in [0.05, 0.1) is 5.52 Å². The largest absolute Gasteiger partial charge is 0.313 e. The predicted octanol–water partition coefficient (Wildman–Crippen LogP) is 3.20. The molecule has 0 saturated carbocycles. The molecule has 0 radical (unpaired) electrons. The summed E-state index contributed by atoms with van der Waals surface area (Å²) in [4.78, 5) is 7.14. The molecule has 0 aliphatic carbocycles. The molecule has 1 unspecified atom stereocenters. The number of para-hydroxylation sites is 1. The van der Waals surface area contributed by atoms with E-state index in [4.69, 9.17) is 0 Å². The van der Waals surface area contributed by atoms with E-state index in [2.05, 4.69) is 46.4 Å². The number of benzene rings is 1. The van der Waals surface area contributed by atoms with Crippen LogP contribution in [0, 0.1) is 0 Å². The molecule has 21 heavy (non-hydrogen) atoms. The van der Waals surface area contributed by atoms with E-state index >= 15 is 0 Å². The summed E-state index contributed by atoms with van der Waals surface area (Å²) in [5.41, 5.74) is 2.51. The lowest BCUT2D eigenvalue weighted by atomic mass is 10.0. The van der Waals surface area contributed by atoms with Gasteiger partial charge >= 0.3 is 0 Å². The minimum atomic E-state index is 0.654. The van der Waals surface area contributed by atoms with E-state index in [-0.39, 0.29) is 0 Å². The quantitative estimate of drug-likeness (QED) is 0.913. The van der Waals surface area contributed by atoms with Crippen LogP contribution in [0.25, 0.3) is 10.9 Å². The van der Waals surface area contributed by atoms with Crippen LogP contribution in [-0.2, 0) is 6.54 Å². The summed E-state index contributed by atoms with van der Waals surface area (Å²) in [5.74, 6) is 0. The summed E-state index contributed by atoms with van der Waals surface area (Å²) in [6.45, 7) is 6.74. The van der Waals surface area contributed by atoms with Crippen molar-refractivity contribution in [2.75, 3.05) is 19.6 Å². The Hall–Kier alpha value is -1.45. The highest BCUT2D eigenvalue weighted by atomic mass is 15.2. The van der Waals surface area contributed by atoms with Gasteiger partial charge in [-0.15, -0.1) is 0 Å². The minimum Gasteiger partial charge on any atom is -0.313 e. The minimum absolute atomic E-state index is 0.654. The number of piperidine rings is 1. The van der Waals surface area contributed by atoms with Gasteiger partial charge in [0.2, 0.25) is 0 Å². The molecule has 1 N–H and O–H groups in total. The van der Waals surface area contributed by atoms with Gasteiger partial charge in [0.15, 0.2) is 0 Å². The van der Waals surface area contributed by atoms with Crippen molar-refractivity contribution in [1.82, 2.24) is 15.2 Å². The second-order valence-electron chi connectivity index (χ2n) is 6.02. The van der Waals surface area contributed by atoms with E-state index in [1.807, 2.05) is 12.3 Å². The van der Waals surface area contributed by atoms with Gasteiger partial charge in [-0.05, 0) is 44.0 Å². The zero-order valence-electron chi connectivity index (χ0n) is 12.9. The van der Waals surface area contributed by atoms with Crippen LogP contribution >= 0.6 is 0 Å². The molecule has 3 rings (SSSR count). The van der Waals surface area contributed by atoms with Gasteiger partial charge in [0, 0.05) is 30.7 Å². The Morgan fingerprint density at radius 3 is 3.10 bits per heavy atom. The van der Waals surface area contributed by atoms with E-state index in [1.54, 1.807) is 0 Å². The summed E-state index contributed by atoms with van der Waals surface area (Å²) in [6.07, 6.45) is 5.71. The predicted molar refractivity (Wildman–Crippen MR) is 88.3 cm³/mol. The molecule has 1 aromatic carbocycles. The molecule has 112 valence electrons. The standard InChI is InChI=1S/C18H25N3/c1-2-10-19-17-9-5-12-21(14-17)13-16-7-3-6-15-8-4-11-20-18(15)16/h3-4,6-8,11,17,19H,2,5,9-10,12-14H2,1H3. The number of aromatic nitrogens is 1. The maximum absolute atomic E-state index is 4.57. The summed E-state index contributed by atoms with van der Waals surface area (Å²) in [5, 5.41) is 4.91. The second kappa shape index (κ2) is 7.01. The molecule has 3 heteroatoms. The third kappa shape index (κ3) is 3.60. The Morgan fingerprint density at radius 1 is 1.29 bits per heavy atom. The fourth-order valence-corrected chi connectivity index (χ4v) is 3.25. The van der Waals surface area contributed by atoms with Crippen molar-refractivity contribution in [2.45, 2.75) is 38.8 Å². The van der Waals surface area contributed by atoms with Crippen molar-refractivity contribution in [3.05, 3.63) is 42.1 Å². The molecule has 1 fully saturated rings. The summed E-state index contributed by atoms with van der Waals surface area (Å²) >= 11 is 0. The Balaban J connectivity index is 1.70. The van der Waals surface area contributed by atoms with E-state index in [9.17, 15) is 0 Å². The third-order valence-corrected chi connectivity index (χ3v) is 4.30. The molecule has 1 atom stereocenters. The molecule has 0 bridgehead atoms. The first-order valence-corrected chi connectivity index (χ1v) is 8.15. The lowest BCUT2D eigenvalue weighted by molar-refractivity contribution is 0.184. The van der Waals surface area contributed by atoms with Gasteiger partial charge in [0.1, 0.15) is 0 Å². The Bertz CT molecular complexity index is 576. The van der Waals surface area contributed by atoms with E-state index in [1.165, 1.54) is 36.8 Å². The lowest BCUT2D eigenvalue weighted by Gasteiger charge is -2.33. The highest BCUT2D eigenvalue weighted by molar-refractivity contribution is 5.81. The van der Waals surface area contributed by atoms with Crippen LogP contribution < -0.4 is 5.32 Å². The maximum atomic E-state index is 4.57. The lowest BCUT2D eigenvalue weighted by Crippen LogP contribution is -2.45. The van der Waals surface area contributed by atoms with Gasteiger partial charge < -0.3 is 5.32 Å². The van der Waals surface area contributed by atoms with Gasteiger partial charge in [0.25, 0.3) is 0 Å². The highest BCUT2D eigenvalue weighted by Crippen LogP contribution is 2.20. The van der Waals surface area contributed by atoms with Crippen molar-refractivity contribution in [3.8, 4) is 0 Å². The van der Waals surface area contributed by atoms with Gasteiger partial charge in [-0.3, -0.25) is 9.88 Å². The molecule has 0 spiro atoms. The Kier molecular flexibility index (Phi) is 4.84. The molecular weight excluding hydrogens is 258 g/mol. The number of rotatable bonds is 5. The number of likely N-dealkylation sites (tertiary alicyclic amines) is 1. The van der Waals surface area contributed by atoms with Crippen molar-refractivity contribution < 1.29 is 0 Å². The smallest absolute Gasteiger partial charge is 0.0746 e. The average molecular weight is 283 g/mol. The number of hydrogen-bond donors (Lipinski definition) is 1. The van der Waals surface area contributed by atoms with Gasteiger partial charge in [-0.2, -0.15) is 0 Å². The van der Waals surface area contributed by atoms with Crippen LogP contribution in [0.3, 0.4) is 0 Å². The molecule has 1 saturated heterocycles. The van der Waals surface area contributed by atoms with E-state index < -0.39 is 0 Å². The van der Waals surface area contributed by atoms with Gasteiger partial charge in [-0.25, -0.2) is 0 Å². The van der Waals surface area contributed by atoms with Crippen LogP contribution in [-0.4, -0.2) is 35.6 Å². The first-order valence-electron chi connectivity index (χ1n) is 8.15. The first-order chi connectivity index (χ1) is 10.4. The summed E-state index contributed by atoms with van der Waals surface area (Å²) < 4.78 is 0. The second-order valence-corrected chi connectivity index (χ2v) is 6.02. The van der Waals surface area contributed by atoms with Crippen LogP contribution in [0.2, 0.25) is 0 Å². The fraction of sp³-hybridized carbons (Fsp3) is 0.500. The Morgan fingerprint density at radius 2 is 2.19 bits per heavy atom. The zero-order chi connectivity index (χ0) is 14.5. The first kappa shape index (κ1) is 14.5. The topological polar surface area (TPSA) is 28.2 Å². The molecule has 1 aliphatic rings. The third-order valence-electron chi connectivity index (χ3n) is 4.30. The molecular formula is C18H25N3. The zero-order valence-corrected chi connectivity index (χ0v) is 12.9. The number of nitrogens with zero attached hydrogens (tertiary/aromatic N) is 2. The normalized spacial score (nSPS) is 20.0. The van der Waals surface area contributed by atoms with E-state index in [0.717, 1.165) is 25.2 Å². The summed E-state index contributed by atoms with van der Waals surface area (Å²) in [6, 6.07) is 11.3. The van der Waals surface area contributed by atoms with Crippen molar-refractivity contribution in [2.24, 2.45) is 0 Å². The molecule has 1 aliphatic heterocycles. The van der Waals surface area contributed by atoms with Crippen molar-refractivity contribution in [1.29, 1.82) is 0 Å². The van der Waals surface area contributed by atoms with Crippen LogP contribution in [0.5, 0.6) is 0 Å². The number of pyridine rings is 1.